The van der Waals surface area contributed by atoms with Gasteiger partial charge in [-0.15, -0.1) is 0 Å². The van der Waals surface area contributed by atoms with E-state index in [1.165, 1.54) is 6.07 Å². The van der Waals surface area contributed by atoms with Crippen LogP contribution in [0.1, 0.15) is 10.4 Å². The SMILES string of the molecule is O=C1NC(C(=O)Nc2ccc(C(=O)O)c(F)c2)CS1. The first-order chi connectivity index (χ1) is 8.97. The van der Waals surface area contributed by atoms with Gasteiger partial charge in [-0.3, -0.25) is 9.59 Å². The molecule has 1 aromatic carbocycles. The molecule has 0 aliphatic carbocycles. The first-order valence-electron chi connectivity index (χ1n) is 5.24. The van der Waals surface area contributed by atoms with Crippen LogP contribution in [0.5, 0.6) is 0 Å². The van der Waals surface area contributed by atoms with Gasteiger partial charge in [0.25, 0.3) is 5.24 Å². The number of benzene rings is 1. The fraction of sp³-hybridized carbons (Fsp3) is 0.182. The monoisotopic (exact) mass is 284 g/mol. The van der Waals surface area contributed by atoms with E-state index in [2.05, 4.69) is 10.6 Å². The van der Waals surface area contributed by atoms with Crippen LogP contribution in [0.2, 0.25) is 0 Å². The Balaban J connectivity index is 2.07. The molecule has 1 atom stereocenters. The van der Waals surface area contributed by atoms with Crippen molar-refractivity contribution in [2.24, 2.45) is 0 Å². The molecule has 8 heteroatoms. The third-order valence-electron chi connectivity index (χ3n) is 2.46. The van der Waals surface area contributed by atoms with Gasteiger partial charge in [0, 0.05) is 11.4 Å². The molecule has 19 heavy (non-hydrogen) atoms. The lowest BCUT2D eigenvalue weighted by Gasteiger charge is -2.10. The van der Waals surface area contributed by atoms with E-state index in [0.717, 1.165) is 23.9 Å². The smallest absolute Gasteiger partial charge is 0.338 e. The quantitative estimate of drug-likeness (QED) is 0.777. The van der Waals surface area contributed by atoms with Crippen LogP contribution in [-0.2, 0) is 4.79 Å². The summed E-state index contributed by atoms with van der Waals surface area (Å²) in [7, 11) is 0. The van der Waals surface area contributed by atoms with Crippen LogP contribution >= 0.6 is 11.8 Å². The highest BCUT2D eigenvalue weighted by Gasteiger charge is 2.28. The van der Waals surface area contributed by atoms with Crippen molar-refractivity contribution >= 4 is 34.6 Å². The number of amides is 2. The maximum atomic E-state index is 13.4. The third-order valence-corrected chi connectivity index (χ3v) is 3.34. The highest BCUT2D eigenvalue weighted by molar-refractivity contribution is 8.14. The fourth-order valence-electron chi connectivity index (χ4n) is 1.52. The van der Waals surface area contributed by atoms with Gasteiger partial charge in [-0.2, -0.15) is 0 Å². The molecule has 1 aromatic rings. The van der Waals surface area contributed by atoms with Crippen molar-refractivity contribution in [3.05, 3.63) is 29.6 Å². The zero-order chi connectivity index (χ0) is 14.0. The zero-order valence-electron chi connectivity index (χ0n) is 9.47. The zero-order valence-corrected chi connectivity index (χ0v) is 10.3. The molecule has 2 rings (SSSR count). The van der Waals surface area contributed by atoms with Gasteiger partial charge >= 0.3 is 5.97 Å². The number of carboxylic acids is 1. The van der Waals surface area contributed by atoms with Gasteiger partial charge in [-0.25, -0.2) is 9.18 Å². The highest BCUT2D eigenvalue weighted by Crippen LogP contribution is 2.17. The number of halogens is 1. The second-order valence-corrected chi connectivity index (χ2v) is 4.78. The van der Waals surface area contributed by atoms with Crippen LogP contribution in [0.3, 0.4) is 0 Å². The van der Waals surface area contributed by atoms with E-state index in [1.54, 1.807) is 0 Å². The minimum Gasteiger partial charge on any atom is -0.478 e. The normalized spacial score (nSPS) is 17.9. The minimum absolute atomic E-state index is 0.138. The molecule has 100 valence electrons. The summed E-state index contributed by atoms with van der Waals surface area (Å²) in [5, 5.41) is 13.2. The summed E-state index contributed by atoms with van der Waals surface area (Å²) in [6.07, 6.45) is 0. The van der Waals surface area contributed by atoms with Crippen LogP contribution in [0, 0.1) is 5.82 Å². The van der Waals surface area contributed by atoms with Crippen molar-refractivity contribution in [2.75, 3.05) is 11.1 Å². The van der Waals surface area contributed by atoms with Gasteiger partial charge in [0.05, 0.1) is 5.56 Å². The molecule has 0 saturated carbocycles. The number of anilines is 1. The largest absolute Gasteiger partial charge is 0.478 e. The van der Waals surface area contributed by atoms with Gasteiger partial charge in [-0.05, 0) is 18.2 Å². The summed E-state index contributed by atoms with van der Waals surface area (Å²) >= 11 is 0.991. The Kier molecular flexibility index (Phi) is 3.70. The Morgan fingerprint density at radius 2 is 2.21 bits per heavy atom. The Bertz CT molecular complexity index is 564. The van der Waals surface area contributed by atoms with Crippen LogP contribution < -0.4 is 10.6 Å². The van der Waals surface area contributed by atoms with Crippen molar-refractivity contribution in [3.8, 4) is 0 Å². The molecule has 1 aliphatic rings. The summed E-state index contributed by atoms with van der Waals surface area (Å²) in [5.74, 6) is -2.48. The van der Waals surface area contributed by atoms with E-state index in [9.17, 15) is 18.8 Å². The molecule has 0 radical (unpaired) electrons. The van der Waals surface area contributed by atoms with E-state index in [4.69, 9.17) is 5.11 Å². The number of rotatable bonds is 3. The van der Waals surface area contributed by atoms with Crippen molar-refractivity contribution in [1.82, 2.24) is 5.32 Å². The van der Waals surface area contributed by atoms with E-state index >= 15 is 0 Å². The van der Waals surface area contributed by atoms with E-state index in [0.29, 0.717) is 5.75 Å². The number of aromatic carboxylic acids is 1. The molecule has 1 aliphatic heterocycles. The summed E-state index contributed by atoms with van der Waals surface area (Å²) < 4.78 is 13.4. The molecule has 0 bridgehead atoms. The van der Waals surface area contributed by atoms with Crippen molar-refractivity contribution in [3.63, 3.8) is 0 Å². The number of nitrogens with one attached hydrogen (secondary N) is 2. The average Bonchev–Trinajstić information content (AvgIpc) is 2.75. The second-order valence-electron chi connectivity index (χ2n) is 3.78. The Hall–Kier alpha value is -2.09. The number of carboxylic acid groups (broad SMARTS) is 1. The molecule has 3 N–H and O–H groups in total. The van der Waals surface area contributed by atoms with Gasteiger partial charge < -0.3 is 15.7 Å². The number of carbonyl (C=O) groups excluding carboxylic acids is 2. The predicted octanol–water partition coefficient (Wildman–Crippen LogP) is 1.29. The molecule has 0 aromatic heterocycles. The topological polar surface area (TPSA) is 95.5 Å². The maximum Gasteiger partial charge on any atom is 0.338 e. The lowest BCUT2D eigenvalue weighted by Crippen LogP contribution is -2.38. The molecular weight excluding hydrogens is 275 g/mol. The van der Waals surface area contributed by atoms with Crippen LogP contribution in [-0.4, -0.2) is 34.0 Å². The molecule has 6 nitrogen and oxygen atoms in total. The molecule has 1 fully saturated rings. The molecule has 1 heterocycles. The number of thioether (sulfide) groups is 1. The van der Waals surface area contributed by atoms with Gasteiger partial charge in [0.2, 0.25) is 5.91 Å². The summed E-state index contributed by atoms with van der Waals surface area (Å²) in [6.45, 7) is 0. The average molecular weight is 284 g/mol. The molecule has 1 saturated heterocycles. The van der Waals surface area contributed by atoms with E-state index < -0.39 is 29.3 Å². The summed E-state index contributed by atoms with van der Waals surface area (Å²) in [5.41, 5.74) is -0.332. The third kappa shape index (κ3) is 3.02. The van der Waals surface area contributed by atoms with Crippen LogP contribution in [0.15, 0.2) is 18.2 Å². The maximum absolute atomic E-state index is 13.4. The first-order valence-corrected chi connectivity index (χ1v) is 6.23. The predicted molar refractivity (Wildman–Crippen MR) is 66.8 cm³/mol. The van der Waals surface area contributed by atoms with Crippen LogP contribution in [0.25, 0.3) is 0 Å². The first kappa shape index (κ1) is 13.3. The van der Waals surface area contributed by atoms with E-state index in [-0.39, 0.29) is 10.9 Å². The van der Waals surface area contributed by atoms with Crippen molar-refractivity contribution in [1.29, 1.82) is 0 Å². The Labute approximate surface area is 111 Å². The summed E-state index contributed by atoms with van der Waals surface area (Å²) in [6, 6.07) is 2.61. The van der Waals surface area contributed by atoms with E-state index in [1.807, 2.05) is 0 Å². The Morgan fingerprint density at radius 1 is 1.47 bits per heavy atom. The van der Waals surface area contributed by atoms with Crippen LogP contribution in [0.4, 0.5) is 14.9 Å². The molecular formula is C11H9FN2O4S. The molecule has 2 amide bonds. The van der Waals surface area contributed by atoms with Gasteiger partial charge in [-0.1, -0.05) is 11.8 Å². The number of hydrogen-bond donors (Lipinski definition) is 3. The highest BCUT2D eigenvalue weighted by atomic mass is 32.2. The Morgan fingerprint density at radius 3 is 2.74 bits per heavy atom. The fourth-order valence-corrected chi connectivity index (χ4v) is 2.30. The van der Waals surface area contributed by atoms with Gasteiger partial charge in [0.1, 0.15) is 11.9 Å². The molecule has 1 unspecified atom stereocenters. The second kappa shape index (κ2) is 5.27. The number of hydrogen-bond acceptors (Lipinski definition) is 4. The van der Waals surface area contributed by atoms with Crippen molar-refractivity contribution < 1.29 is 23.9 Å². The molecule has 0 spiro atoms. The lowest BCUT2D eigenvalue weighted by atomic mass is 10.2. The number of carbonyl (C=O) groups is 3. The van der Waals surface area contributed by atoms with Gasteiger partial charge in [0.15, 0.2) is 0 Å². The minimum atomic E-state index is -1.38. The van der Waals surface area contributed by atoms with Crippen molar-refractivity contribution in [2.45, 2.75) is 6.04 Å². The lowest BCUT2D eigenvalue weighted by molar-refractivity contribution is -0.117. The standard InChI is InChI=1S/C11H9FN2O4S/c12-7-3-5(1-2-6(7)10(16)17)13-9(15)8-4-19-11(18)14-8/h1-3,8H,4H2,(H,13,15)(H,14,18)(H,16,17). The summed E-state index contributed by atoms with van der Waals surface area (Å²) in [4.78, 5) is 33.3.